The number of benzene rings is 1. The molecule has 0 aliphatic rings. The minimum Gasteiger partial charge on any atom is -0.340 e. The van der Waals surface area contributed by atoms with Crippen LogP contribution in [-0.2, 0) is 13.1 Å². The zero-order valence-corrected chi connectivity index (χ0v) is 10.9. The Hall–Kier alpha value is -2.61. The number of hydrogen-bond donors (Lipinski definition) is 1. The molecule has 0 radical (unpaired) electrons. The smallest absolute Gasteiger partial charge is 0.223 e. The molecular formula is C12H13N7O. The molecule has 0 fully saturated rings. The summed E-state index contributed by atoms with van der Waals surface area (Å²) in [7, 11) is 0. The van der Waals surface area contributed by atoms with E-state index in [2.05, 4.69) is 31.0 Å². The van der Waals surface area contributed by atoms with Crippen molar-refractivity contribution in [1.29, 1.82) is 0 Å². The summed E-state index contributed by atoms with van der Waals surface area (Å²) in [6, 6.07) is 9.72. The fourth-order valence-corrected chi connectivity index (χ4v) is 1.78. The molecule has 2 aromatic heterocycles. The number of nitrogens with zero attached hydrogens (tertiary/aromatic N) is 6. The summed E-state index contributed by atoms with van der Waals surface area (Å²) in [6.45, 7) is 2.76. The molecule has 1 N–H and O–H groups in total. The summed E-state index contributed by atoms with van der Waals surface area (Å²) in [4.78, 5) is 4.11. The van der Waals surface area contributed by atoms with Crippen LogP contribution < -0.4 is 5.32 Å². The Labute approximate surface area is 114 Å². The van der Waals surface area contributed by atoms with E-state index in [1.165, 1.54) is 0 Å². The molecule has 0 aliphatic heterocycles. The Morgan fingerprint density at radius 1 is 1.20 bits per heavy atom. The van der Waals surface area contributed by atoms with E-state index in [9.17, 15) is 0 Å². The second-order valence-corrected chi connectivity index (χ2v) is 4.18. The highest BCUT2D eigenvalue weighted by atomic mass is 16.5. The third kappa shape index (κ3) is 2.69. The summed E-state index contributed by atoms with van der Waals surface area (Å²) >= 11 is 0. The lowest BCUT2D eigenvalue weighted by atomic mass is 10.3. The van der Waals surface area contributed by atoms with Crippen molar-refractivity contribution in [3.63, 3.8) is 0 Å². The molecular weight excluding hydrogens is 258 g/mol. The van der Waals surface area contributed by atoms with Crippen LogP contribution in [0.4, 0.5) is 0 Å². The standard InChI is InChI=1S/C12H13N7O/c1-9-14-11(16-20-9)7-13-8-12-15-17-18-19(12)10-5-3-2-4-6-10/h2-6,13H,7-8H2,1H3. The van der Waals surface area contributed by atoms with Gasteiger partial charge < -0.3 is 9.84 Å². The quantitative estimate of drug-likeness (QED) is 0.727. The number of nitrogens with one attached hydrogen (secondary N) is 1. The van der Waals surface area contributed by atoms with E-state index in [-0.39, 0.29) is 0 Å². The van der Waals surface area contributed by atoms with Crippen molar-refractivity contribution >= 4 is 0 Å². The lowest BCUT2D eigenvalue weighted by Crippen LogP contribution is -2.17. The monoisotopic (exact) mass is 271 g/mol. The second-order valence-electron chi connectivity index (χ2n) is 4.18. The van der Waals surface area contributed by atoms with Gasteiger partial charge in [-0.25, -0.2) is 0 Å². The van der Waals surface area contributed by atoms with E-state index in [1.54, 1.807) is 11.6 Å². The van der Waals surface area contributed by atoms with Gasteiger partial charge in [-0.2, -0.15) is 9.67 Å². The first-order chi connectivity index (χ1) is 9.83. The van der Waals surface area contributed by atoms with Gasteiger partial charge in [-0.1, -0.05) is 23.4 Å². The molecule has 2 heterocycles. The third-order valence-electron chi connectivity index (χ3n) is 2.67. The zero-order valence-electron chi connectivity index (χ0n) is 10.9. The van der Waals surface area contributed by atoms with E-state index in [0.717, 1.165) is 11.5 Å². The summed E-state index contributed by atoms with van der Waals surface area (Å²) < 4.78 is 6.59. The van der Waals surface area contributed by atoms with Gasteiger partial charge >= 0.3 is 0 Å². The van der Waals surface area contributed by atoms with E-state index >= 15 is 0 Å². The van der Waals surface area contributed by atoms with Crippen LogP contribution in [0.2, 0.25) is 0 Å². The molecule has 0 unspecified atom stereocenters. The van der Waals surface area contributed by atoms with Crippen LogP contribution in [0, 0.1) is 6.92 Å². The van der Waals surface area contributed by atoms with Crippen LogP contribution >= 0.6 is 0 Å². The first kappa shape index (κ1) is 12.4. The Balaban J connectivity index is 1.65. The predicted molar refractivity (Wildman–Crippen MR) is 68.7 cm³/mol. The molecule has 0 amide bonds. The highest BCUT2D eigenvalue weighted by Gasteiger charge is 2.08. The van der Waals surface area contributed by atoms with E-state index in [1.807, 2.05) is 30.3 Å². The molecule has 0 atom stereocenters. The third-order valence-corrected chi connectivity index (χ3v) is 2.67. The molecule has 0 aliphatic carbocycles. The summed E-state index contributed by atoms with van der Waals surface area (Å²) in [5, 5.41) is 18.7. The molecule has 0 saturated heterocycles. The van der Waals surface area contributed by atoms with Gasteiger partial charge in [0.25, 0.3) is 0 Å². The van der Waals surface area contributed by atoms with Gasteiger partial charge in [0.15, 0.2) is 11.6 Å². The van der Waals surface area contributed by atoms with Gasteiger partial charge in [0, 0.05) is 6.92 Å². The fraction of sp³-hybridized carbons (Fsp3) is 0.250. The normalized spacial score (nSPS) is 10.8. The Bertz CT molecular complexity index is 676. The summed E-state index contributed by atoms with van der Waals surface area (Å²) in [5.74, 6) is 1.88. The van der Waals surface area contributed by atoms with Crippen molar-refractivity contribution in [3.8, 4) is 5.69 Å². The van der Waals surface area contributed by atoms with Gasteiger partial charge in [-0.3, -0.25) is 0 Å². The molecule has 8 nitrogen and oxygen atoms in total. The minimum absolute atomic E-state index is 0.499. The molecule has 0 bridgehead atoms. The van der Waals surface area contributed by atoms with E-state index < -0.39 is 0 Å². The number of para-hydroxylation sites is 1. The first-order valence-corrected chi connectivity index (χ1v) is 6.15. The lowest BCUT2D eigenvalue weighted by molar-refractivity contribution is 0.385. The second kappa shape index (κ2) is 5.57. The fourth-order valence-electron chi connectivity index (χ4n) is 1.78. The van der Waals surface area contributed by atoms with Crippen molar-refractivity contribution in [1.82, 2.24) is 35.7 Å². The SMILES string of the molecule is Cc1nc(CNCc2nnnn2-c2ccccc2)no1. The van der Waals surface area contributed by atoms with Crippen molar-refractivity contribution in [2.75, 3.05) is 0 Å². The maximum atomic E-state index is 4.90. The maximum absolute atomic E-state index is 4.90. The number of rotatable bonds is 5. The van der Waals surface area contributed by atoms with Gasteiger partial charge in [0.1, 0.15) is 0 Å². The highest BCUT2D eigenvalue weighted by Crippen LogP contribution is 2.06. The van der Waals surface area contributed by atoms with Gasteiger partial charge in [0.2, 0.25) is 5.89 Å². The summed E-state index contributed by atoms with van der Waals surface area (Å²) in [6.07, 6.45) is 0. The number of tetrazole rings is 1. The minimum atomic E-state index is 0.499. The van der Waals surface area contributed by atoms with Crippen molar-refractivity contribution < 1.29 is 4.52 Å². The number of aryl methyl sites for hydroxylation is 1. The van der Waals surface area contributed by atoms with E-state index in [0.29, 0.717) is 24.8 Å². The van der Waals surface area contributed by atoms with E-state index in [4.69, 9.17) is 4.52 Å². The predicted octanol–water partition coefficient (Wildman–Crippen LogP) is 0.644. The Kier molecular flexibility index (Phi) is 3.46. The molecule has 20 heavy (non-hydrogen) atoms. The van der Waals surface area contributed by atoms with Crippen LogP contribution in [0.15, 0.2) is 34.9 Å². The molecule has 1 aromatic carbocycles. The van der Waals surface area contributed by atoms with Crippen LogP contribution in [0.5, 0.6) is 0 Å². The van der Waals surface area contributed by atoms with Crippen LogP contribution in [-0.4, -0.2) is 30.3 Å². The summed E-state index contributed by atoms with van der Waals surface area (Å²) in [5.41, 5.74) is 0.921. The molecule has 8 heteroatoms. The molecule has 3 rings (SSSR count). The number of aromatic nitrogens is 6. The van der Waals surface area contributed by atoms with Crippen LogP contribution in [0.1, 0.15) is 17.5 Å². The first-order valence-electron chi connectivity index (χ1n) is 6.15. The Morgan fingerprint density at radius 3 is 2.80 bits per heavy atom. The van der Waals surface area contributed by atoms with Crippen molar-refractivity contribution in [2.24, 2.45) is 0 Å². The maximum Gasteiger partial charge on any atom is 0.223 e. The van der Waals surface area contributed by atoms with Crippen LogP contribution in [0.25, 0.3) is 5.69 Å². The molecule has 0 spiro atoms. The largest absolute Gasteiger partial charge is 0.340 e. The number of hydrogen-bond acceptors (Lipinski definition) is 7. The molecule has 0 saturated carbocycles. The average Bonchev–Trinajstić information content (AvgIpc) is 3.09. The van der Waals surface area contributed by atoms with Crippen LogP contribution in [0.3, 0.4) is 0 Å². The lowest BCUT2D eigenvalue weighted by Gasteiger charge is -2.04. The topological polar surface area (TPSA) is 94.6 Å². The highest BCUT2D eigenvalue weighted by molar-refractivity contribution is 5.30. The van der Waals surface area contributed by atoms with Gasteiger partial charge in [-0.15, -0.1) is 5.10 Å². The Morgan fingerprint density at radius 2 is 2.05 bits per heavy atom. The average molecular weight is 271 g/mol. The molecule has 102 valence electrons. The van der Waals surface area contributed by atoms with Gasteiger partial charge in [0.05, 0.1) is 18.8 Å². The van der Waals surface area contributed by atoms with Gasteiger partial charge in [-0.05, 0) is 22.6 Å². The van der Waals surface area contributed by atoms with Crippen molar-refractivity contribution in [3.05, 3.63) is 47.9 Å². The van der Waals surface area contributed by atoms with Crippen molar-refractivity contribution in [2.45, 2.75) is 20.0 Å². The zero-order chi connectivity index (χ0) is 13.8. The molecule has 3 aromatic rings.